The average molecular weight is 773 g/mol. The lowest BCUT2D eigenvalue weighted by atomic mass is 10.00. The Morgan fingerprint density at radius 3 is 1.82 bits per heavy atom. The number of unbranched alkanes of at least 4 members (excludes halogenated alkanes) is 1. The van der Waals surface area contributed by atoms with E-state index in [1.165, 1.54) is 34.6 Å². The highest BCUT2D eigenvalue weighted by Crippen LogP contribution is 2.40. The highest BCUT2D eigenvalue weighted by atomic mass is 16.3. The number of nitrogens with zero attached hydrogens (tertiary/aromatic N) is 4. The zero-order valence-electron chi connectivity index (χ0n) is 33.2. The maximum atomic E-state index is 6.63. The molecule has 8 aromatic carbocycles. The van der Waals surface area contributed by atoms with E-state index >= 15 is 0 Å². The summed E-state index contributed by atoms with van der Waals surface area (Å²) in [4.78, 5) is 14.9. The van der Waals surface area contributed by atoms with Crippen molar-refractivity contribution in [1.82, 2.24) is 19.5 Å². The SMILES string of the molecule is CCCCc1ccc2oc3c(-c4ccc5c6ccccc6n(-c6cccc(-c7cccc(-c8nc(-c9ccccc9)nc(-c9ccccc9)n8)c7)c6)c5c4)cccc3c2c1. The van der Waals surface area contributed by atoms with Crippen LogP contribution < -0.4 is 0 Å². The van der Waals surface area contributed by atoms with Gasteiger partial charge in [-0.1, -0.05) is 159 Å². The van der Waals surface area contributed by atoms with Crippen molar-refractivity contribution in [3.8, 4) is 62.1 Å². The Bertz CT molecular complexity index is 3310. The van der Waals surface area contributed by atoms with Gasteiger partial charge in [-0.15, -0.1) is 0 Å². The quantitative estimate of drug-likeness (QED) is 0.147. The van der Waals surface area contributed by atoms with Crippen molar-refractivity contribution in [1.29, 1.82) is 0 Å². The Labute approximate surface area is 348 Å². The molecule has 11 aromatic rings. The molecule has 0 aliphatic rings. The number of hydrogen-bond donors (Lipinski definition) is 0. The molecular formula is C55H40N4O. The van der Waals surface area contributed by atoms with E-state index in [2.05, 4.69) is 139 Å². The summed E-state index contributed by atoms with van der Waals surface area (Å²) in [7, 11) is 0. The van der Waals surface area contributed by atoms with E-state index in [0.29, 0.717) is 17.5 Å². The minimum absolute atomic E-state index is 0.632. The van der Waals surface area contributed by atoms with Crippen LogP contribution in [0.2, 0.25) is 0 Å². The van der Waals surface area contributed by atoms with Gasteiger partial charge in [0.05, 0.1) is 11.0 Å². The Kier molecular flexibility index (Phi) is 8.85. The van der Waals surface area contributed by atoms with E-state index in [0.717, 1.165) is 78.6 Å². The molecule has 0 amide bonds. The van der Waals surface area contributed by atoms with Crippen molar-refractivity contribution in [2.45, 2.75) is 26.2 Å². The number of fused-ring (bicyclic) bond motifs is 6. The zero-order valence-corrected chi connectivity index (χ0v) is 33.2. The molecule has 0 aliphatic heterocycles. The Balaban J connectivity index is 1.02. The van der Waals surface area contributed by atoms with Gasteiger partial charge in [-0.3, -0.25) is 0 Å². The predicted molar refractivity (Wildman–Crippen MR) is 247 cm³/mol. The van der Waals surface area contributed by atoms with Gasteiger partial charge in [0.2, 0.25) is 0 Å². The summed E-state index contributed by atoms with van der Waals surface area (Å²) in [5.41, 5.74) is 13.8. The van der Waals surface area contributed by atoms with Crippen LogP contribution in [-0.2, 0) is 6.42 Å². The Morgan fingerprint density at radius 2 is 1.05 bits per heavy atom. The lowest BCUT2D eigenvalue weighted by Gasteiger charge is -2.12. The van der Waals surface area contributed by atoms with Crippen LogP contribution in [0.15, 0.2) is 192 Å². The van der Waals surface area contributed by atoms with Crippen molar-refractivity contribution >= 4 is 43.7 Å². The van der Waals surface area contributed by atoms with Gasteiger partial charge in [0.1, 0.15) is 11.2 Å². The molecule has 5 nitrogen and oxygen atoms in total. The van der Waals surface area contributed by atoms with Crippen molar-refractivity contribution < 1.29 is 4.42 Å². The maximum absolute atomic E-state index is 6.63. The van der Waals surface area contributed by atoms with Crippen LogP contribution in [0, 0.1) is 0 Å². The van der Waals surface area contributed by atoms with E-state index < -0.39 is 0 Å². The van der Waals surface area contributed by atoms with Gasteiger partial charge >= 0.3 is 0 Å². The standard InChI is InChI=1S/C55H40N4O/c1-2-3-15-36-28-31-51-48(32-36)47-26-14-25-44(52(47)60-51)41-29-30-46-45-24-10-11-27-49(45)59(50(46)35-41)43-23-13-21-40(34-43)39-20-12-22-42(33-39)55-57-53(37-16-6-4-7-17-37)56-54(58-55)38-18-8-5-9-19-38/h4-14,16-35H,2-3,15H2,1H3. The third-order valence-electron chi connectivity index (χ3n) is 11.6. The number of para-hydroxylation sites is 2. The molecule has 0 bridgehead atoms. The number of aryl methyl sites for hydroxylation is 1. The number of benzene rings is 8. The minimum Gasteiger partial charge on any atom is -0.455 e. The second kappa shape index (κ2) is 14.9. The van der Waals surface area contributed by atoms with Crippen molar-refractivity contribution in [3.05, 3.63) is 194 Å². The number of rotatable bonds is 9. The van der Waals surface area contributed by atoms with E-state index in [1.54, 1.807) is 0 Å². The topological polar surface area (TPSA) is 56.7 Å². The number of hydrogen-bond acceptors (Lipinski definition) is 4. The first-order valence-electron chi connectivity index (χ1n) is 20.7. The molecule has 0 aliphatic carbocycles. The fraction of sp³-hybridized carbons (Fsp3) is 0.0727. The molecule has 286 valence electrons. The van der Waals surface area contributed by atoms with Crippen LogP contribution in [0.5, 0.6) is 0 Å². The lowest BCUT2D eigenvalue weighted by molar-refractivity contribution is 0.669. The van der Waals surface area contributed by atoms with Crippen LogP contribution in [0.1, 0.15) is 25.3 Å². The van der Waals surface area contributed by atoms with Crippen LogP contribution >= 0.6 is 0 Å². The summed E-state index contributed by atoms with van der Waals surface area (Å²) in [6.07, 6.45) is 3.44. The molecule has 0 unspecified atom stereocenters. The second-order valence-electron chi connectivity index (χ2n) is 15.5. The van der Waals surface area contributed by atoms with Crippen LogP contribution in [0.25, 0.3) is 106 Å². The smallest absolute Gasteiger partial charge is 0.164 e. The van der Waals surface area contributed by atoms with Gasteiger partial charge in [-0.2, -0.15) is 0 Å². The first kappa shape index (κ1) is 35.5. The summed E-state index contributed by atoms with van der Waals surface area (Å²) in [6, 6.07) is 66.2. The maximum Gasteiger partial charge on any atom is 0.164 e. The van der Waals surface area contributed by atoms with E-state index in [1.807, 2.05) is 60.7 Å². The van der Waals surface area contributed by atoms with Gasteiger partial charge in [-0.25, -0.2) is 15.0 Å². The fourth-order valence-electron chi connectivity index (χ4n) is 8.63. The number of aromatic nitrogens is 4. The van der Waals surface area contributed by atoms with Gasteiger partial charge in [0, 0.05) is 49.5 Å². The summed E-state index contributed by atoms with van der Waals surface area (Å²) in [5.74, 6) is 1.92. The normalized spacial score (nSPS) is 11.6. The predicted octanol–water partition coefficient (Wildman–Crippen LogP) is 14.5. The minimum atomic E-state index is 0.632. The molecule has 0 saturated carbocycles. The molecule has 0 fully saturated rings. The van der Waals surface area contributed by atoms with Crippen molar-refractivity contribution in [2.75, 3.05) is 0 Å². The Morgan fingerprint density at radius 1 is 0.433 bits per heavy atom. The third-order valence-corrected chi connectivity index (χ3v) is 11.6. The van der Waals surface area contributed by atoms with Gasteiger partial charge < -0.3 is 8.98 Å². The Hall–Kier alpha value is -7.63. The van der Waals surface area contributed by atoms with Crippen LogP contribution in [0.3, 0.4) is 0 Å². The molecule has 3 aromatic heterocycles. The second-order valence-corrected chi connectivity index (χ2v) is 15.5. The first-order valence-corrected chi connectivity index (χ1v) is 20.7. The van der Waals surface area contributed by atoms with Gasteiger partial charge in [0.25, 0.3) is 0 Å². The van der Waals surface area contributed by atoms with Gasteiger partial charge in [-0.05, 0) is 77.6 Å². The lowest BCUT2D eigenvalue weighted by Crippen LogP contribution is -2.00. The monoisotopic (exact) mass is 772 g/mol. The fourth-order valence-corrected chi connectivity index (χ4v) is 8.63. The molecule has 60 heavy (non-hydrogen) atoms. The highest BCUT2D eigenvalue weighted by molar-refractivity contribution is 6.13. The number of furan rings is 1. The molecular weight excluding hydrogens is 733 g/mol. The van der Waals surface area contributed by atoms with Crippen molar-refractivity contribution in [2.24, 2.45) is 0 Å². The molecule has 0 N–H and O–H groups in total. The summed E-state index contributed by atoms with van der Waals surface area (Å²) in [5, 5.41) is 4.75. The molecule has 11 rings (SSSR count). The zero-order chi connectivity index (χ0) is 40.0. The average Bonchev–Trinajstić information content (AvgIpc) is 3.86. The largest absolute Gasteiger partial charge is 0.455 e. The molecule has 0 atom stereocenters. The van der Waals surface area contributed by atoms with E-state index in [4.69, 9.17) is 19.4 Å². The van der Waals surface area contributed by atoms with E-state index in [-0.39, 0.29) is 0 Å². The van der Waals surface area contributed by atoms with Gasteiger partial charge in [0.15, 0.2) is 17.5 Å². The first-order chi connectivity index (χ1) is 29.7. The summed E-state index contributed by atoms with van der Waals surface area (Å²) in [6.45, 7) is 2.24. The van der Waals surface area contributed by atoms with Crippen LogP contribution in [0.4, 0.5) is 0 Å². The summed E-state index contributed by atoms with van der Waals surface area (Å²) < 4.78 is 9.02. The third kappa shape index (κ3) is 6.32. The van der Waals surface area contributed by atoms with Crippen LogP contribution in [-0.4, -0.2) is 19.5 Å². The summed E-state index contributed by atoms with van der Waals surface area (Å²) >= 11 is 0. The molecule has 0 saturated heterocycles. The van der Waals surface area contributed by atoms with Crippen molar-refractivity contribution in [3.63, 3.8) is 0 Å². The molecule has 5 heteroatoms. The highest BCUT2D eigenvalue weighted by Gasteiger charge is 2.18. The molecule has 0 radical (unpaired) electrons. The van der Waals surface area contributed by atoms with E-state index in [9.17, 15) is 0 Å². The molecule has 3 heterocycles. The molecule has 0 spiro atoms.